The number of fused-ring (bicyclic) bond motifs is 1. The highest BCUT2D eigenvalue weighted by atomic mass is 16.4. The molecule has 164 valence electrons. The van der Waals surface area contributed by atoms with Crippen molar-refractivity contribution >= 4 is 17.0 Å². The molecular weight excluding hydrogens is 390 g/mol. The molecule has 31 heavy (non-hydrogen) atoms. The molecule has 1 atom stereocenters. The van der Waals surface area contributed by atoms with E-state index in [9.17, 15) is 9.59 Å². The van der Waals surface area contributed by atoms with Crippen LogP contribution in [0.5, 0.6) is 0 Å². The topological polar surface area (TPSA) is 58.7 Å². The molecule has 6 nitrogen and oxygen atoms in total. The highest BCUT2D eigenvalue weighted by Gasteiger charge is 2.28. The van der Waals surface area contributed by atoms with Crippen LogP contribution in [-0.2, 0) is 18.3 Å². The summed E-state index contributed by atoms with van der Waals surface area (Å²) in [5, 5.41) is 0. The van der Waals surface area contributed by atoms with Gasteiger partial charge in [-0.25, -0.2) is 4.79 Å². The van der Waals surface area contributed by atoms with E-state index in [-0.39, 0.29) is 17.7 Å². The molecular formula is C25H31N3O3. The summed E-state index contributed by atoms with van der Waals surface area (Å²) in [7, 11) is 3.79. The lowest BCUT2D eigenvalue weighted by molar-refractivity contribution is -0.134. The Labute approximate surface area is 183 Å². The van der Waals surface area contributed by atoms with Crippen LogP contribution in [0.15, 0.2) is 57.7 Å². The fourth-order valence-electron chi connectivity index (χ4n) is 4.40. The average Bonchev–Trinajstić information content (AvgIpc) is 3.07. The summed E-state index contributed by atoms with van der Waals surface area (Å²) in [6, 6.07) is 16.5. The number of carbonyl (C=O) groups excluding carboxylic acids is 1. The minimum absolute atomic E-state index is 0.102. The van der Waals surface area contributed by atoms with Crippen molar-refractivity contribution in [1.82, 2.24) is 14.4 Å². The van der Waals surface area contributed by atoms with Crippen LogP contribution < -0.4 is 5.76 Å². The van der Waals surface area contributed by atoms with E-state index < -0.39 is 0 Å². The van der Waals surface area contributed by atoms with E-state index in [0.717, 1.165) is 49.9 Å². The molecule has 2 heterocycles. The Morgan fingerprint density at radius 2 is 1.84 bits per heavy atom. The van der Waals surface area contributed by atoms with E-state index in [1.807, 2.05) is 29.2 Å². The van der Waals surface area contributed by atoms with Gasteiger partial charge in [-0.15, -0.1) is 0 Å². The standard InChI is InChI=1S/C25H31N3O3/c1-26-15-16-28(24(29)12-8-4-7-11-19-9-5-3-6-10-19)18-22(26)20-13-14-21-23(17-20)31-25(30)27(21)2/h3,5-6,9-10,13-14,17,22H,4,7-8,11-12,15-16,18H2,1-2H3. The average molecular weight is 422 g/mol. The van der Waals surface area contributed by atoms with Gasteiger partial charge in [0.1, 0.15) is 0 Å². The Balaban J connectivity index is 1.31. The number of piperazine rings is 1. The van der Waals surface area contributed by atoms with Gasteiger partial charge in [0, 0.05) is 33.1 Å². The van der Waals surface area contributed by atoms with Crippen molar-refractivity contribution in [3.8, 4) is 0 Å². The maximum atomic E-state index is 12.8. The monoisotopic (exact) mass is 421 g/mol. The van der Waals surface area contributed by atoms with Crippen molar-refractivity contribution in [3.05, 3.63) is 70.2 Å². The summed E-state index contributed by atoms with van der Waals surface area (Å²) in [4.78, 5) is 28.9. The van der Waals surface area contributed by atoms with Crippen molar-refractivity contribution in [2.75, 3.05) is 26.7 Å². The number of nitrogens with zero attached hydrogens (tertiary/aromatic N) is 3. The van der Waals surface area contributed by atoms with Gasteiger partial charge in [-0.05, 0) is 49.6 Å². The van der Waals surface area contributed by atoms with Crippen molar-refractivity contribution in [2.45, 2.75) is 38.1 Å². The fourth-order valence-corrected chi connectivity index (χ4v) is 4.40. The second kappa shape index (κ2) is 9.52. The third-order valence-electron chi connectivity index (χ3n) is 6.40. The molecule has 1 unspecified atom stereocenters. The summed E-state index contributed by atoms with van der Waals surface area (Å²) < 4.78 is 6.87. The lowest BCUT2D eigenvalue weighted by atomic mass is 10.0. The number of hydrogen-bond donors (Lipinski definition) is 0. The molecule has 6 heteroatoms. The Kier molecular flexibility index (Phi) is 6.56. The van der Waals surface area contributed by atoms with Crippen molar-refractivity contribution in [1.29, 1.82) is 0 Å². The third kappa shape index (κ3) is 4.90. The molecule has 1 aliphatic rings. The molecule has 3 aromatic rings. The van der Waals surface area contributed by atoms with E-state index >= 15 is 0 Å². The molecule has 2 aromatic carbocycles. The number of benzene rings is 2. The number of oxazole rings is 1. The lowest BCUT2D eigenvalue weighted by Gasteiger charge is -2.39. The number of hydrogen-bond acceptors (Lipinski definition) is 4. The Hall–Kier alpha value is -2.86. The number of aryl methyl sites for hydroxylation is 2. The van der Waals surface area contributed by atoms with Crippen LogP contribution in [0.25, 0.3) is 11.1 Å². The zero-order valence-electron chi connectivity index (χ0n) is 18.4. The zero-order valence-corrected chi connectivity index (χ0v) is 18.4. The summed E-state index contributed by atoms with van der Waals surface area (Å²) in [5.41, 5.74) is 3.82. The number of amides is 1. The first kappa shape index (κ1) is 21.4. The minimum Gasteiger partial charge on any atom is -0.408 e. The second-order valence-electron chi connectivity index (χ2n) is 8.54. The molecule has 0 aliphatic carbocycles. The van der Waals surface area contributed by atoms with Crippen LogP contribution in [0.1, 0.15) is 42.9 Å². The Morgan fingerprint density at radius 3 is 2.65 bits per heavy atom. The van der Waals surface area contributed by atoms with Crippen molar-refractivity contribution < 1.29 is 9.21 Å². The van der Waals surface area contributed by atoms with Gasteiger partial charge in [0.05, 0.1) is 11.6 Å². The maximum Gasteiger partial charge on any atom is 0.419 e. The van der Waals surface area contributed by atoms with Gasteiger partial charge in [-0.1, -0.05) is 42.8 Å². The second-order valence-corrected chi connectivity index (χ2v) is 8.54. The van der Waals surface area contributed by atoms with Crippen molar-refractivity contribution in [2.24, 2.45) is 7.05 Å². The number of rotatable bonds is 7. The fraction of sp³-hybridized carbons (Fsp3) is 0.440. The van der Waals surface area contributed by atoms with E-state index in [2.05, 4.69) is 36.2 Å². The smallest absolute Gasteiger partial charge is 0.408 e. The molecule has 1 saturated heterocycles. The predicted molar refractivity (Wildman–Crippen MR) is 122 cm³/mol. The predicted octanol–water partition coefficient (Wildman–Crippen LogP) is 3.75. The first-order valence-corrected chi connectivity index (χ1v) is 11.1. The molecule has 0 saturated carbocycles. The molecule has 1 aromatic heterocycles. The normalized spacial score (nSPS) is 17.4. The summed E-state index contributed by atoms with van der Waals surface area (Å²) in [6.07, 6.45) is 4.80. The molecule has 0 N–H and O–H groups in total. The van der Waals surface area contributed by atoms with Gasteiger partial charge >= 0.3 is 5.76 Å². The van der Waals surface area contributed by atoms with Crippen LogP contribution in [0.3, 0.4) is 0 Å². The van der Waals surface area contributed by atoms with Gasteiger partial charge in [0.25, 0.3) is 0 Å². The summed E-state index contributed by atoms with van der Waals surface area (Å²) in [6.45, 7) is 2.27. The third-order valence-corrected chi connectivity index (χ3v) is 6.40. The number of likely N-dealkylation sites (N-methyl/N-ethyl adjacent to an activating group) is 1. The summed E-state index contributed by atoms with van der Waals surface area (Å²) >= 11 is 0. The van der Waals surface area contributed by atoms with E-state index in [0.29, 0.717) is 18.5 Å². The van der Waals surface area contributed by atoms with Gasteiger partial charge in [-0.2, -0.15) is 0 Å². The van der Waals surface area contributed by atoms with Crippen LogP contribution in [0, 0.1) is 0 Å². The van der Waals surface area contributed by atoms with Crippen LogP contribution >= 0.6 is 0 Å². The SMILES string of the molecule is CN1CCN(C(=O)CCCCCc2ccccc2)CC1c1ccc2c(c1)oc(=O)n2C. The molecule has 4 rings (SSSR count). The Morgan fingerprint density at radius 1 is 1.03 bits per heavy atom. The van der Waals surface area contributed by atoms with E-state index in [1.165, 1.54) is 10.1 Å². The van der Waals surface area contributed by atoms with Gasteiger partial charge in [-0.3, -0.25) is 14.3 Å². The van der Waals surface area contributed by atoms with E-state index in [1.54, 1.807) is 7.05 Å². The molecule has 1 fully saturated rings. The molecule has 1 amide bonds. The van der Waals surface area contributed by atoms with Crippen LogP contribution in [-0.4, -0.2) is 47.0 Å². The van der Waals surface area contributed by atoms with Crippen molar-refractivity contribution in [3.63, 3.8) is 0 Å². The first-order chi connectivity index (χ1) is 15.0. The van der Waals surface area contributed by atoms with E-state index in [4.69, 9.17) is 4.42 Å². The lowest BCUT2D eigenvalue weighted by Crippen LogP contribution is -2.48. The molecule has 0 bridgehead atoms. The van der Waals surface area contributed by atoms with Gasteiger partial charge < -0.3 is 9.32 Å². The number of carbonyl (C=O) groups is 1. The molecule has 0 spiro atoms. The van der Waals surface area contributed by atoms with Crippen LogP contribution in [0.4, 0.5) is 0 Å². The Bertz CT molecular complexity index is 1090. The quantitative estimate of drug-likeness (QED) is 0.545. The molecule has 0 radical (unpaired) electrons. The number of aromatic nitrogens is 1. The molecule has 1 aliphatic heterocycles. The number of unbranched alkanes of at least 4 members (excludes halogenated alkanes) is 2. The highest BCUT2D eigenvalue weighted by molar-refractivity contribution is 5.76. The maximum absolute atomic E-state index is 12.8. The summed E-state index contributed by atoms with van der Waals surface area (Å²) in [5.74, 6) is -0.113. The highest BCUT2D eigenvalue weighted by Crippen LogP contribution is 2.27. The van der Waals surface area contributed by atoms with Gasteiger partial charge in [0.15, 0.2) is 5.58 Å². The van der Waals surface area contributed by atoms with Gasteiger partial charge in [0.2, 0.25) is 5.91 Å². The minimum atomic E-state index is -0.354. The zero-order chi connectivity index (χ0) is 21.8. The van der Waals surface area contributed by atoms with Crippen LogP contribution in [0.2, 0.25) is 0 Å². The largest absolute Gasteiger partial charge is 0.419 e. The first-order valence-electron chi connectivity index (χ1n) is 11.1.